The zero-order valence-electron chi connectivity index (χ0n) is 13.9. The summed E-state index contributed by atoms with van der Waals surface area (Å²) in [6.45, 7) is 5.85. The molecule has 1 aromatic heterocycles. The molecule has 1 N–H and O–H groups in total. The van der Waals surface area contributed by atoms with E-state index in [2.05, 4.69) is 15.6 Å². The minimum atomic E-state index is -4.49. The zero-order chi connectivity index (χ0) is 17.9. The highest BCUT2D eigenvalue weighted by atomic mass is 19.4. The van der Waals surface area contributed by atoms with Gasteiger partial charge in [-0.25, -0.2) is 0 Å². The molecule has 1 unspecified atom stereocenters. The summed E-state index contributed by atoms with van der Waals surface area (Å²) in [4.78, 5) is 17.0. The summed E-state index contributed by atoms with van der Waals surface area (Å²) in [6.07, 6.45) is -2.39. The van der Waals surface area contributed by atoms with Gasteiger partial charge in [-0.2, -0.15) is 18.3 Å². The van der Waals surface area contributed by atoms with E-state index < -0.39 is 18.0 Å². The largest absolute Gasteiger partial charge is 0.432 e. The molecule has 6 nitrogen and oxygen atoms in total. The molecule has 0 saturated heterocycles. The van der Waals surface area contributed by atoms with E-state index in [1.165, 1.54) is 6.20 Å². The second-order valence-electron chi connectivity index (χ2n) is 5.74. The summed E-state index contributed by atoms with van der Waals surface area (Å²) < 4.78 is 39.3. The smallest absolute Gasteiger partial charge is 0.390 e. The topological polar surface area (TPSA) is 68.5 Å². The Labute approximate surface area is 138 Å². The molecule has 2 heterocycles. The van der Waals surface area contributed by atoms with Gasteiger partial charge in [0.2, 0.25) is 0 Å². The maximum atomic E-state index is 12.5. The Morgan fingerprint density at radius 2 is 2.12 bits per heavy atom. The van der Waals surface area contributed by atoms with Crippen LogP contribution in [0.1, 0.15) is 55.2 Å². The fraction of sp³-hybridized carbons (Fsp3) is 0.667. The lowest BCUT2D eigenvalue weighted by molar-refractivity contribution is -0.0604. The van der Waals surface area contributed by atoms with Crippen molar-refractivity contribution in [2.75, 3.05) is 6.54 Å². The fourth-order valence-corrected chi connectivity index (χ4v) is 2.66. The molecule has 0 radical (unpaired) electrons. The Morgan fingerprint density at radius 3 is 2.67 bits per heavy atom. The summed E-state index contributed by atoms with van der Waals surface area (Å²) in [6, 6.07) is 0.215. The fourth-order valence-electron chi connectivity index (χ4n) is 2.66. The molecule has 0 aromatic carbocycles. The molecule has 1 aromatic rings. The van der Waals surface area contributed by atoms with Gasteiger partial charge in [0.1, 0.15) is 6.10 Å². The van der Waals surface area contributed by atoms with Crippen LogP contribution in [-0.4, -0.2) is 40.2 Å². The lowest BCUT2D eigenvalue weighted by Gasteiger charge is -2.15. The third-order valence-electron chi connectivity index (χ3n) is 4.13. The predicted molar refractivity (Wildman–Crippen MR) is 81.9 cm³/mol. The minimum absolute atomic E-state index is 0.0441. The molecule has 1 aliphatic rings. The number of amides is 1. The van der Waals surface area contributed by atoms with E-state index in [0.717, 1.165) is 18.5 Å². The molecule has 134 valence electrons. The molecule has 24 heavy (non-hydrogen) atoms. The lowest BCUT2D eigenvalue weighted by atomic mass is 10.1. The van der Waals surface area contributed by atoms with Crippen LogP contribution in [0.25, 0.3) is 0 Å². The van der Waals surface area contributed by atoms with E-state index in [0.29, 0.717) is 5.56 Å². The van der Waals surface area contributed by atoms with E-state index in [-0.39, 0.29) is 24.9 Å². The molecule has 9 heteroatoms. The van der Waals surface area contributed by atoms with Crippen LogP contribution in [0.3, 0.4) is 0 Å². The van der Waals surface area contributed by atoms with Crippen LogP contribution in [0.5, 0.6) is 0 Å². The number of hydrogen-bond acceptors (Lipinski definition) is 4. The molecule has 0 spiro atoms. The Bertz CT molecular complexity index is 621. The predicted octanol–water partition coefficient (Wildman–Crippen LogP) is 2.99. The monoisotopic (exact) mass is 346 g/mol. The van der Waals surface area contributed by atoms with Crippen LogP contribution in [0.15, 0.2) is 11.4 Å². The Morgan fingerprint density at radius 1 is 1.46 bits per heavy atom. The Balaban J connectivity index is 1.93. The van der Waals surface area contributed by atoms with Crippen LogP contribution in [-0.2, 0) is 4.84 Å². The highest BCUT2D eigenvalue weighted by Gasteiger charge is 2.41. The molecule has 1 amide bonds. The third-order valence-corrected chi connectivity index (χ3v) is 4.13. The van der Waals surface area contributed by atoms with E-state index >= 15 is 0 Å². The van der Waals surface area contributed by atoms with Gasteiger partial charge in [-0.3, -0.25) is 9.48 Å². The molecule has 0 aliphatic carbocycles. The summed E-state index contributed by atoms with van der Waals surface area (Å²) in [5.74, 6) is -0.381. The number of carbonyl (C=O) groups is 1. The highest BCUT2D eigenvalue weighted by Crippen LogP contribution is 2.25. The molecule has 1 atom stereocenters. The molecular weight excluding hydrogens is 325 g/mol. The standard InChI is InChI=1S/C15H21F3N4O2/c1-4-10(5-2)22-9(3)12(8-20-22)14(23)19-7-11-6-13(21-24-11)15(16,17)18/h8,10-11H,4-7H2,1-3H3,(H,19,23). The minimum Gasteiger partial charge on any atom is -0.390 e. The number of nitrogens with one attached hydrogen (secondary N) is 1. The van der Waals surface area contributed by atoms with E-state index in [4.69, 9.17) is 4.84 Å². The van der Waals surface area contributed by atoms with Crippen molar-refractivity contribution in [1.29, 1.82) is 0 Å². The van der Waals surface area contributed by atoms with Gasteiger partial charge in [0.25, 0.3) is 5.91 Å². The lowest BCUT2D eigenvalue weighted by Crippen LogP contribution is -2.33. The van der Waals surface area contributed by atoms with Crippen LogP contribution in [0.2, 0.25) is 0 Å². The number of oxime groups is 1. The summed E-state index contributed by atoms with van der Waals surface area (Å²) in [7, 11) is 0. The van der Waals surface area contributed by atoms with Crippen molar-refractivity contribution in [3.8, 4) is 0 Å². The van der Waals surface area contributed by atoms with Gasteiger partial charge in [-0.15, -0.1) is 0 Å². The maximum Gasteiger partial charge on any atom is 0.432 e. The van der Waals surface area contributed by atoms with Crippen molar-refractivity contribution in [3.05, 3.63) is 17.5 Å². The second kappa shape index (κ2) is 7.23. The first kappa shape index (κ1) is 18.3. The molecule has 0 saturated carbocycles. The van der Waals surface area contributed by atoms with Crippen LogP contribution in [0, 0.1) is 6.92 Å². The van der Waals surface area contributed by atoms with Gasteiger partial charge in [0.05, 0.1) is 24.3 Å². The molecule has 0 bridgehead atoms. The van der Waals surface area contributed by atoms with Crippen molar-refractivity contribution in [2.24, 2.45) is 5.16 Å². The van der Waals surface area contributed by atoms with Crippen LogP contribution >= 0.6 is 0 Å². The number of carbonyl (C=O) groups excluding carboxylic acids is 1. The van der Waals surface area contributed by atoms with Crippen molar-refractivity contribution in [2.45, 2.75) is 58.4 Å². The average Bonchev–Trinajstić information content (AvgIpc) is 3.14. The first-order valence-electron chi connectivity index (χ1n) is 7.90. The highest BCUT2D eigenvalue weighted by molar-refractivity contribution is 5.95. The summed E-state index contributed by atoms with van der Waals surface area (Å²) >= 11 is 0. The second-order valence-corrected chi connectivity index (χ2v) is 5.74. The first-order chi connectivity index (χ1) is 11.3. The van der Waals surface area contributed by atoms with E-state index in [9.17, 15) is 18.0 Å². The van der Waals surface area contributed by atoms with Gasteiger partial charge < -0.3 is 10.2 Å². The van der Waals surface area contributed by atoms with Gasteiger partial charge in [0.15, 0.2) is 5.71 Å². The van der Waals surface area contributed by atoms with Gasteiger partial charge in [0, 0.05) is 12.1 Å². The van der Waals surface area contributed by atoms with E-state index in [1.807, 2.05) is 18.5 Å². The Kier molecular flexibility index (Phi) is 5.51. The Hall–Kier alpha value is -2.06. The zero-order valence-corrected chi connectivity index (χ0v) is 13.9. The molecule has 2 rings (SSSR count). The van der Waals surface area contributed by atoms with Gasteiger partial charge in [-0.05, 0) is 19.8 Å². The van der Waals surface area contributed by atoms with Gasteiger partial charge in [-0.1, -0.05) is 19.0 Å². The van der Waals surface area contributed by atoms with Crippen molar-refractivity contribution in [1.82, 2.24) is 15.1 Å². The average molecular weight is 346 g/mol. The molecule has 1 aliphatic heterocycles. The normalized spacial score (nSPS) is 17.8. The third kappa shape index (κ3) is 3.88. The first-order valence-corrected chi connectivity index (χ1v) is 7.90. The number of halogens is 3. The van der Waals surface area contributed by atoms with Crippen LogP contribution < -0.4 is 5.32 Å². The van der Waals surface area contributed by atoms with E-state index in [1.54, 1.807) is 6.92 Å². The van der Waals surface area contributed by atoms with Crippen molar-refractivity contribution < 1.29 is 22.8 Å². The molecular formula is C15H21F3N4O2. The quantitative estimate of drug-likeness (QED) is 0.861. The number of rotatable bonds is 6. The summed E-state index contributed by atoms with van der Waals surface area (Å²) in [5, 5.41) is 9.87. The van der Waals surface area contributed by atoms with Crippen LogP contribution in [0.4, 0.5) is 13.2 Å². The van der Waals surface area contributed by atoms with Crippen molar-refractivity contribution in [3.63, 3.8) is 0 Å². The van der Waals surface area contributed by atoms with Crippen molar-refractivity contribution >= 4 is 11.6 Å². The SMILES string of the molecule is CCC(CC)n1ncc(C(=O)NCC2CC(C(F)(F)F)=NO2)c1C. The summed E-state index contributed by atoms with van der Waals surface area (Å²) in [5.41, 5.74) is 0.192. The number of aromatic nitrogens is 2. The van der Waals surface area contributed by atoms with Gasteiger partial charge >= 0.3 is 6.18 Å². The molecule has 0 fully saturated rings. The number of alkyl halides is 3. The number of hydrogen-bond donors (Lipinski definition) is 1. The maximum absolute atomic E-state index is 12.5. The number of nitrogens with zero attached hydrogens (tertiary/aromatic N) is 3.